The van der Waals surface area contributed by atoms with E-state index in [0.29, 0.717) is 18.9 Å². The number of ether oxygens (including phenoxy) is 2. The van der Waals surface area contributed by atoms with Gasteiger partial charge in [-0.15, -0.1) is 0 Å². The molecule has 0 aliphatic carbocycles. The van der Waals surface area contributed by atoms with Gasteiger partial charge in [0.1, 0.15) is 0 Å². The first-order chi connectivity index (χ1) is 7.53. The first-order valence-corrected chi connectivity index (χ1v) is 5.68. The summed E-state index contributed by atoms with van der Waals surface area (Å²) in [4.78, 5) is 0. The Morgan fingerprint density at radius 1 is 1.19 bits per heavy atom. The third kappa shape index (κ3) is 2.74. The standard InChI is InChI=1S/C13H21NO2/c1-5-15-13(4,16-6-2)11-9-10(3)7-8-12(11)14/h7-9H,5-6,14H2,1-4H3. The van der Waals surface area contributed by atoms with Crippen molar-refractivity contribution in [3.8, 4) is 0 Å². The zero-order valence-corrected chi connectivity index (χ0v) is 10.5. The summed E-state index contributed by atoms with van der Waals surface area (Å²) in [6.07, 6.45) is 0. The number of nitrogens with two attached hydrogens (primary N) is 1. The van der Waals surface area contributed by atoms with E-state index >= 15 is 0 Å². The maximum atomic E-state index is 5.98. The van der Waals surface area contributed by atoms with Crippen molar-refractivity contribution < 1.29 is 9.47 Å². The Hall–Kier alpha value is -1.06. The largest absolute Gasteiger partial charge is 0.398 e. The summed E-state index contributed by atoms with van der Waals surface area (Å²) in [6, 6.07) is 5.89. The monoisotopic (exact) mass is 223 g/mol. The molecular weight excluding hydrogens is 202 g/mol. The lowest BCUT2D eigenvalue weighted by Gasteiger charge is -2.31. The fourth-order valence-corrected chi connectivity index (χ4v) is 1.81. The van der Waals surface area contributed by atoms with Crippen LogP contribution in [0.3, 0.4) is 0 Å². The van der Waals surface area contributed by atoms with E-state index in [4.69, 9.17) is 15.2 Å². The van der Waals surface area contributed by atoms with E-state index in [1.807, 2.05) is 45.9 Å². The highest BCUT2D eigenvalue weighted by Crippen LogP contribution is 2.31. The normalized spacial score (nSPS) is 11.8. The molecule has 1 rings (SSSR count). The van der Waals surface area contributed by atoms with E-state index in [-0.39, 0.29) is 0 Å². The van der Waals surface area contributed by atoms with Crippen LogP contribution in [0.4, 0.5) is 5.69 Å². The van der Waals surface area contributed by atoms with Gasteiger partial charge in [-0.1, -0.05) is 11.6 Å². The van der Waals surface area contributed by atoms with Gasteiger partial charge < -0.3 is 15.2 Å². The third-order valence-corrected chi connectivity index (χ3v) is 2.54. The number of hydrogen-bond acceptors (Lipinski definition) is 3. The van der Waals surface area contributed by atoms with Crippen molar-refractivity contribution in [3.05, 3.63) is 29.3 Å². The minimum atomic E-state index is -0.750. The SMILES string of the molecule is CCOC(C)(OCC)c1cc(C)ccc1N. The van der Waals surface area contributed by atoms with Crippen molar-refractivity contribution in [1.29, 1.82) is 0 Å². The molecule has 1 aromatic carbocycles. The molecule has 1 aromatic rings. The lowest BCUT2D eigenvalue weighted by molar-refractivity contribution is -0.229. The Kier molecular flexibility index (Phi) is 4.33. The fraction of sp³-hybridized carbons (Fsp3) is 0.538. The van der Waals surface area contributed by atoms with Crippen LogP contribution in [-0.4, -0.2) is 13.2 Å². The average molecular weight is 223 g/mol. The van der Waals surface area contributed by atoms with Gasteiger partial charge in [-0.25, -0.2) is 0 Å². The summed E-state index contributed by atoms with van der Waals surface area (Å²) in [5, 5.41) is 0. The molecular formula is C13H21NO2. The Bertz CT molecular complexity index is 344. The fourth-order valence-electron chi connectivity index (χ4n) is 1.81. The van der Waals surface area contributed by atoms with Gasteiger partial charge in [-0.3, -0.25) is 0 Å². The van der Waals surface area contributed by atoms with E-state index in [2.05, 4.69) is 0 Å². The summed E-state index contributed by atoms with van der Waals surface area (Å²) in [7, 11) is 0. The molecule has 3 nitrogen and oxygen atoms in total. The number of anilines is 1. The summed E-state index contributed by atoms with van der Waals surface area (Å²) >= 11 is 0. The lowest BCUT2D eigenvalue weighted by atomic mass is 10.0. The second-order valence-electron chi connectivity index (χ2n) is 3.90. The van der Waals surface area contributed by atoms with Crippen LogP contribution in [0.1, 0.15) is 31.9 Å². The van der Waals surface area contributed by atoms with Gasteiger partial charge in [0.2, 0.25) is 0 Å². The minimum Gasteiger partial charge on any atom is -0.398 e. The van der Waals surface area contributed by atoms with Gasteiger partial charge in [0, 0.05) is 24.5 Å². The topological polar surface area (TPSA) is 44.5 Å². The van der Waals surface area contributed by atoms with E-state index in [1.165, 1.54) is 0 Å². The van der Waals surface area contributed by atoms with E-state index in [1.54, 1.807) is 0 Å². The zero-order valence-electron chi connectivity index (χ0n) is 10.5. The smallest absolute Gasteiger partial charge is 0.193 e. The number of hydrogen-bond donors (Lipinski definition) is 1. The van der Waals surface area contributed by atoms with Gasteiger partial charge >= 0.3 is 0 Å². The molecule has 0 saturated heterocycles. The van der Waals surface area contributed by atoms with Gasteiger partial charge in [-0.2, -0.15) is 0 Å². The minimum absolute atomic E-state index is 0.587. The molecule has 0 spiro atoms. The number of rotatable bonds is 5. The second kappa shape index (κ2) is 5.32. The molecule has 0 aliphatic heterocycles. The highest BCUT2D eigenvalue weighted by molar-refractivity contribution is 5.50. The molecule has 0 aromatic heterocycles. The molecule has 0 amide bonds. The molecule has 90 valence electrons. The summed E-state index contributed by atoms with van der Waals surface area (Å²) in [6.45, 7) is 9.01. The van der Waals surface area contributed by atoms with Crippen LogP contribution < -0.4 is 5.73 Å². The summed E-state index contributed by atoms with van der Waals surface area (Å²) < 4.78 is 11.4. The molecule has 0 unspecified atom stereocenters. The highest BCUT2D eigenvalue weighted by Gasteiger charge is 2.29. The Morgan fingerprint density at radius 3 is 2.25 bits per heavy atom. The molecule has 0 saturated carbocycles. The van der Waals surface area contributed by atoms with Crippen molar-refractivity contribution in [1.82, 2.24) is 0 Å². The quantitative estimate of drug-likeness (QED) is 0.616. The van der Waals surface area contributed by atoms with Crippen LogP contribution in [-0.2, 0) is 15.3 Å². The van der Waals surface area contributed by atoms with Crippen molar-refractivity contribution in [2.45, 2.75) is 33.5 Å². The van der Waals surface area contributed by atoms with Gasteiger partial charge in [0.25, 0.3) is 0 Å². The third-order valence-electron chi connectivity index (χ3n) is 2.54. The molecule has 0 heterocycles. The molecule has 0 bridgehead atoms. The molecule has 2 N–H and O–H groups in total. The van der Waals surface area contributed by atoms with E-state index in [9.17, 15) is 0 Å². The molecule has 16 heavy (non-hydrogen) atoms. The maximum Gasteiger partial charge on any atom is 0.193 e. The first kappa shape index (κ1) is 13.0. The van der Waals surface area contributed by atoms with E-state index < -0.39 is 5.79 Å². The number of benzene rings is 1. The van der Waals surface area contributed by atoms with Gasteiger partial charge in [-0.05, 0) is 39.8 Å². The molecule has 3 heteroatoms. The van der Waals surface area contributed by atoms with Crippen LogP contribution in [0, 0.1) is 6.92 Å². The predicted octanol–water partition coefficient (Wildman–Crippen LogP) is 2.82. The number of nitrogen functional groups attached to an aromatic ring is 1. The molecule has 0 fully saturated rings. The van der Waals surface area contributed by atoms with Crippen molar-refractivity contribution in [2.24, 2.45) is 0 Å². The lowest BCUT2D eigenvalue weighted by Crippen LogP contribution is -2.30. The maximum absolute atomic E-state index is 5.98. The van der Waals surface area contributed by atoms with Crippen LogP contribution in [0.5, 0.6) is 0 Å². The summed E-state index contributed by atoms with van der Waals surface area (Å²) in [5.74, 6) is -0.750. The van der Waals surface area contributed by atoms with Crippen molar-refractivity contribution >= 4 is 5.69 Å². The van der Waals surface area contributed by atoms with Crippen LogP contribution in [0.25, 0.3) is 0 Å². The second-order valence-corrected chi connectivity index (χ2v) is 3.90. The zero-order chi connectivity index (χ0) is 12.2. The average Bonchev–Trinajstić information content (AvgIpc) is 2.22. The van der Waals surface area contributed by atoms with Gasteiger partial charge in [0.15, 0.2) is 5.79 Å². The van der Waals surface area contributed by atoms with Crippen LogP contribution >= 0.6 is 0 Å². The van der Waals surface area contributed by atoms with E-state index in [0.717, 1.165) is 11.1 Å². The Morgan fingerprint density at radius 2 is 1.75 bits per heavy atom. The highest BCUT2D eigenvalue weighted by atomic mass is 16.7. The van der Waals surface area contributed by atoms with Crippen LogP contribution in [0.15, 0.2) is 18.2 Å². The van der Waals surface area contributed by atoms with Gasteiger partial charge in [0.05, 0.1) is 0 Å². The molecule has 0 radical (unpaired) electrons. The first-order valence-electron chi connectivity index (χ1n) is 5.68. The predicted molar refractivity (Wildman–Crippen MR) is 66.2 cm³/mol. The summed E-state index contributed by atoms with van der Waals surface area (Å²) in [5.41, 5.74) is 8.73. The molecule has 0 atom stereocenters. The number of aryl methyl sites for hydroxylation is 1. The Labute approximate surface area is 97.6 Å². The van der Waals surface area contributed by atoms with Crippen molar-refractivity contribution in [3.63, 3.8) is 0 Å². The molecule has 0 aliphatic rings. The van der Waals surface area contributed by atoms with Crippen molar-refractivity contribution in [2.75, 3.05) is 18.9 Å². The van der Waals surface area contributed by atoms with Crippen LogP contribution in [0.2, 0.25) is 0 Å². The Balaban J connectivity index is 3.14.